The Morgan fingerprint density at radius 1 is 1.22 bits per heavy atom. The van der Waals surface area contributed by atoms with Crippen LogP contribution in [-0.2, 0) is 0 Å². The number of hydrogen-bond donors (Lipinski definition) is 2. The fraction of sp³-hybridized carbons (Fsp3) is 0.353. The van der Waals surface area contributed by atoms with Gasteiger partial charge in [-0.2, -0.15) is 0 Å². The third kappa shape index (κ3) is 4.04. The highest BCUT2D eigenvalue weighted by molar-refractivity contribution is 5.95. The summed E-state index contributed by atoms with van der Waals surface area (Å²) < 4.78 is 0. The number of amides is 1. The SMILES string of the molecule is Nc1cnc(-c2cccc(C(=O)NCCN3CCCC3)c2)cn1. The molecule has 23 heavy (non-hydrogen) atoms. The van der Waals surface area contributed by atoms with Crippen LogP contribution in [0.4, 0.5) is 5.82 Å². The molecule has 3 N–H and O–H groups in total. The van der Waals surface area contributed by atoms with Crippen molar-refractivity contribution in [1.29, 1.82) is 0 Å². The lowest BCUT2D eigenvalue weighted by Gasteiger charge is -2.14. The maximum absolute atomic E-state index is 12.3. The quantitative estimate of drug-likeness (QED) is 0.875. The second-order valence-corrected chi connectivity index (χ2v) is 5.71. The van der Waals surface area contributed by atoms with Gasteiger partial charge >= 0.3 is 0 Å². The van der Waals surface area contributed by atoms with Crippen molar-refractivity contribution >= 4 is 11.7 Å². The van der Waals surface area contributed by atoms with E-state index < -0.39 is 0 Å². The first-order valence-corrected chi connectivity index (χ1v) is 7.91. The number of nitrogens with one attached hydrogen (secondary N) is 1. The van der Waals surface area contributed by atoms with Crippen LogP contribution in [0.3, 0.4) is 0 Å². The second-order valence-electron chi connectivity index (χ2n) is 5.71. The number of anilines is 1. The average Bonchev–Trinajstić information content (AvgIpc) is 3.09. The molecule has 1 saturated heterocycles. The maximum Gasteiger partial charge on any atom is 0.251 e. The van der Waals surface area contributed by atoms with E-state index >= 15 is 0 Å². The number of likely N-dealkylation sites (tertiary alicyclic amines) is 1. The van der Waals surface area contributed by atoms with Crippen molar-refractivity contribution in [3.8, 4) is 11.3 Å². The number of nitrogen functional groups attached to an aromatic ring is 1. The fourth-order valence-corrected chi connectivity index (χ4v) is 2.74. The molecule has 0 spiro atoms. The number of nitrogens with zero attached hydrogens (tertiary/aromatic N) is 3. The Hall–Kier alpha value is -2.47. The van der Waals surface area contributed by atoms with Crippen LogP contribution in [-0.4, -0.2) is 47.0 Å². The van der Waals surface area contributed by atoms with Gasteiger partial charge in [0.1, 0.15) is 5.82 Å². The molecular formula is C17H21N5O. The highest BCUT2D eigenvalue weighted by Gasteiger charge is 2.12. The van der Waals surface area contributed by atoms with E-state index in [9.17, 15) is 4.79 Å². The van der Waals surface area contributed by atoms with Gasteiger partial charge in [0.15, 0.2) is 0 Å². The third-order valence-corrected chi connectivity index (χ3v) is 4.00. The molecule has 0 bridgehead atoms. The molecule has 1 fully saturated rings. The first-order valence-electron chi connectivity index (χ1n) is 7.91. The van der Waals surface area contributed by atoms with Gasteiger partial charge in [0.2, 0.25) is 0 Å². The molecule has 0 aliphatic carbocycles. The number of carbonyl (C=O) groups excluding carboxylic acids is 1. The van der Waals surface area contributed by atoms with Crippen LogP contribution < -0.4 is 11.1 Å². The summed E-state index contributed by atoms with van der Waals surface area (Å²) in [6, 6.07) is 7.38. The summed E-state index contributed by atoms with van der Waals surface area (Å²) in [5.74, 6) is 0.319. The predicted molar refractivity (Wildman–Crippen MR) is 89.9 cm³/mol. The molecule has 2 heterocycles. The molecule has 0 radical (unpaired) electrons. The largest absolute Gasteiger partial charge is 0.382 e. The van der Waals surface area contributed by atoms with E-state index in [2.05, 4.69) is 20.2 Å². The number of rotatable bonds is 5. The lowest BCUT2D eigenvalue weighted by molar-refractivity contribution is 0.0950. The van der Waals surface area contributed by atoms with Crippen LogP contribution in [0.2, 0.25) is 0 Å². The number of carbonyl (C=O) groups is 1. The van der Waals surface area contributed by atoms with E-state index in [1.54, 1.807) is 12.3 Å². The monoisotopic (exact) mass is 311 g/mol. The molecule has 1 aliphatic rings. The minimum Gasteiger partial charge on any atom is -0.382 e. The molecular weight excluding hydrogens is 290 g/mol. The van der Waals surface area contributed by atoms with Gasteiger partial charge in [-0.3, -0.25) is 9.78 Å². The minimum absolute atomic E-state index is 0.0607. The smallest absolute Gasteiger partial charge is 0.251 e. The van der Waals surface area contributed by atoms with Gasteiger partial charge in [-0.25, -0.2) is 4.98 Å². The summed E-state index contributed by atoms with van der Waals surface area (Å²) >= 11 is 0. The lowest BCUT2D eigenvalue weighted by Crippen LogP contribution is -2.33. The van der Waals surface area contributed by atoms with E-state index in [0.29, 0.717) is 23.6 Å². The summed E-state index contributed by atoms with van der Waals surface area (Å²) in [6.07, 6.45) is 5.65. The summed E-state index contributed by atoms with van der Waals surface area (Å²) in [7, 11) is 0. The number of aromatic nitrogens is 2. The van der Waals surface area contributed by atoms with Gasteiger partial charge in [0.25, 0.3) is 5.91 Å². The summed E-state index contributed by atoms with van der Waals surface area (Å²) in [5.41, 5.74) is 7.73. The molecule has 3 rings (SSSR count). The molecule has 120 valence electrons. The molecule has 0 saturated carbocycles. The van der Waals surface area contributed by atoms with Crippen molar-refractivity contribution in [2.45, 2.75) is 12.8 Å². The first kappa shape index (κ1) is 15.4. The van der Waals surface area contributed by atoms with E-state index in [0.717, 1.165) is 25.2 Å². The van der Waals surface area contributed by atoms with E-state index in [-0.39, 0.29) is 5.91 Å². The van der Waals surface area contributed by atoms with Crippen molar-refractivity contribution in [1.82, 2.24) is 20.2 Å². The van der Waals surface area contributed by atoms with Crippen molar-refractivity contribution in [2.24, 2.45) is 0 Å². The zero-order valence-corrected chi connectivity index (χ0v) is 13.0. The van der Waals surface area contributed by atoms with Crippen molar-refractivity contribution in [2.75, 3.05) is 31.9 Å². The third-order valence-electron chi connectivity index (χ3n) is 4.00. The lowest BCUT2D eigenvalue weighted by atomic mass is 10.1. The standard InChI is InChI=1S/C17H21N5O/c18-16-12-20-15(11-21-16)13-4-3-5-14(10-13)17(23)19-6-9-22-7-1-2-8-22/h3-5,10-12H,1-2,6-9H2,(H2,18,21)(H,19,23). The van der Waals surface area contributed by atoms with E-state index in [4.69, 9.17) is 5.73 Å². The Morgan fingerprint density at radius 3 is 2.78 bits per heavy atom. The Labute approximate surface area is 135 Å². The molecule has 6 nitrogen and oxygen atoms in total. The van der Waals surface area contributed by atoms with Gasteiger partial charge in [-0.15, -0.1) is 0 Å². The minimum atomic E-state index is -0.0607. The van der Waals surface area contributed by atoms with E-state index in [1.807, 2.05) is 18.2 Å². The van der Waals surface area contributed by atoms with Crippen molar-refractivity contribution in [3.05, 3.63) is 42.2 Å². The molecule has 2 aromatic rings. The second kappa shape index (κ2) is 7.19. The maximum atomic E-state index is 12.3. The first-order chi connectivity index (χ1) is 11.2. The molecule has 1 aliphatic heterocycles. The summed E-state index contributed by atoms with van der Waals surface area (Å²) in [4.78, 5) is 22.9. The van der Waals surface area contributed by atoms with Crippen molar-refractivity contribution < 1.29 is 4.79 Å². The zero-order valence-electron chi connectivity index (χ0n) is 13.0. The number of hydrogen-bond acceptors (Lipinski definition) is 5. The van der Waals surface area contributed by atoms with Crippen LogP contribution in [0.15, 0.2) is 36.7 Å². The van der Waals surface area contributed by atoms with Gasteiger partial charge in [0.05, 0.1) is 18.1 Å². The molecule has 6 heteroatoms. The molecule has 0 unspecified atom stereocenters. The molecule has 1 aromatic carbocycles. The normalized spacial score (nSPS) is 14.8. The Balaban J connectivity index is 1.61. The average molecular weight is 311 g/mol. The van der Waals surface area contributed by atoms with Gasteiger partial charge in [-0.05, 0) is 38.1 Å². The van der Waals surface area contributed by atoms with Gasteiger partial charge in [-0.1, -0.05) is 12.1 Å². The van der Waals surface area contributed by atoms with Gasteiger partial charge in [0, 0.05) is 24.2 Å². The van der Waals surface area contributed by atoms with Crippen LogP contribution >= 0.6 is 0 Å². The van der Waals surface area contributed by atoms with Crippen LogP contribution in [0, 0.1) is 0 Å². The Morgan fingerprint density at radius 2 is 2.04 bits per heavy atom. The Kier molecular flexibility index (Phi) is 4.83. The molecule has 1 amide bonds. The highest BCUT2D eigenvalue weighted by atomic mass is 16.1. The van der Waals surface area contributed by atoms with Crippen LogP contribution in [0.1, 0.15) is 23.2 Å². The van der Waals surface area contributed by atoms with E-state index in [1.165, 1.54) is 19.0 Å². The number of nitrogens with two attached hydrogens (primary N) is 1. The Bertz CT molecular complexity index is 665. The topological polar surface area (TPSA) is 84.1 Å². The summed E-state index contributed by atoms with van der Waals surface area (Å²) in [6.45, 7) is 3.86. The molecule has 0 atom stereocenters. The summed E-state index contributed by atoms with van der Waals surface area (Å²) in [5, 5.41) is 2.98. The zero-order chi connectivity index (χ0) is 16.1. The van der Waals surface area contributed by atoms with Crippen LogP contribution in [0.25, 0.3) is 11.3 Å². The van der Waals surface area contributed by atoms with Crippen LogP contribution in [0.5, 0.6) is 0 Å². The van der Waals surface area contributed by atoms with Crippen molar-refractivity contribution in [3.63, 3.8) is 0 Å². The molecule has 1 aromatic heterocycles. The predicted octanol–water partition coefficient (Wildman–Crippen LogP) is 1.55. The highest BCUT2D eigenvalue weighted by Crippen LogP contribution is 2.17. The number of benzene rings is 1. The van der Waals surface area contributed by atoms with Gasteiger partial charge < -0.3 is 16.0 Å². The fourth-order valence-electron chi connectivity index (χ4n) is 2.74.